The zero-order chi connectivity index (χ0) is 17.4. The van der Waals surface area contributed by atoms with Crippen LogP contribution < -0.4 is 5.32 Å². The van der Waals surface area contributed by atoms with Crippen LogP contribution in [0.1, 0.15) is 60.3 Å². The highest BCUT2D eigenvalue weighted by atomic mass is 16.5. The highest BCUT2D eigenvalue weighted by molar-refractivity contribution is 6.06. The van der Waals surface area contributed by atoms with Gasteiger partial charge in [-0.05, 0) is 57.7 Å². The lowest BCUT2D eigenvalue weighted by Crippen LogP contribution is -2.34. The summed E-state index contributed by atoms with van der Waals surface area (Å²) in [4.78, 5) is 19.9. The van der Waals surface area contributed by atoms with Crippen LogP contribution in [0.2, 0.25) is 0 Å². The van der Waals surface area contributed by atoms with Gasteiger partial charge in [0, 0.05) is 24.7 Å². The van der Waals surface area contributed by atoms with Crippen molar-refractivity contribution in [3.63, 3.8) is 0 Å². The first-order chi connectivity index (χ1) is 12.1. The van der Waals surface area contributed by atoms with E-state index in [-0.39, 0.29) is 5.91 Å². The molecule has 3 heterocycles. The van der Waals surface area contributed by atoms with Crippen molar-refractivity contribution in [1.29, 1.82) is 0 Å². The summed E-state index contributed by atoms with van der Waals surface area (Å²) >= 11 is 0. The van der Waals surface area contributed by atoms with Crippen LogP contribution in [0.5, 0.6) is 0 Å². The van der Waals surface area contributed by atoms with Gasteiger partial charge in [0.05, 0.1) is 16.6 Å². The van der Waals surface area contributed by atoms with Gasteiger partial charge in [-0.3, -0.25) is 4.79 Å². The van der Waals surface area contributed by atoms with Crippen molar-refractivity contribution in [3.8, 4) is 0 Å². The Bertz CT molecular complexity index is 775. The molecular formula is C19H26N4O2. The SMILES string of the molecule is Cc1noc2nc(C3CC3)cc(C(=O)NC[C@@H](C)CN3CCCC3)c12. The molecule has 0 aromatic carbocycles. The third-order valence-electron chi connectivity index (χ3n) is 5.26. The van der Waals surface area contributed by atoms with Crippen molar-refractivity contribution in [2.45, 2.75) is 45.4 Å². The van der Waals surface area contributed by atoms with E-state index in [0.29, 0.717) is 29.7 Å². The number of fused-ring (bicyclic) bond motifs is 1. The predicted octanol–water partition coefficient (Wildman–Crippen LogP) is 2.87. The van der Waals surface area contributed by atoms with Crippen LogP contribution in [0.25, 0.3) is 11.1 Å². The van der Waals surface area contributed by atoms with Gasteiger partial charge in [-0.2, -0.15) is 0 Å². The molecule has 1 N–H and O–H groups in total. The van der Waals surface area contributed by atoms with Crippen molar-refractivity contribution in [1.82, 2.24) is 20.4 Å². The monoisotopic (exact) mass is 342 g/mol. The molecular weight excluding hydrogens is 316 g/mol. The summed E-state index contributed by atoms with van der Waals surface area (Å²) in [5.41, 5.74) is 2.82. The summed E-state index contributed by atoms with van der Waals surface area (Å²) < 4.78 is 5.32. The second-order valence-corrected chi connectivity index (χ2v) is 7.64. The highest BCUT2D eigenvalue weighted by Gasteiger charge is 2.28. The number of nitrogens with zero attached hydrogens (tertiary/aromatic N) is 3. The van der Waals surface area contributed by atoms with Crippen molar-refractivity contribution >= 4 is 17.0 Å². The minimum absolute atomic E-state index is 0.0473. The maximum atomic E-state index is 12.8. The summed E-state index contributed by atoms with van der Waals surface area (Å²) in [6, 6.07) is 1.94. The number of likely N-dealkylation sites (tertiary alicyclic amines) is 1. The van der Waals surface area contributed by atoms with E-state index in [2.05, 4.69) is 27.3 Å². The lowest BCUT2D eigenvalue weighted by atomic mass is 10.1. The number of carbonyl (C=O) groups excluding carboxylic acids is 1. The van der Waals surface area contributed by atoms with E-state index in [1.54, 1.807) is 0 Å². The summed E-state index contributed by atoms with van der Waals surface area (Å²) in [6.07, 6.45) is 4.87. The van der Waals surface area contributed by atoms with Gasteiger partial charge in [0.25, 0.3) is 11.6 Å². The number of aromatic nitrogens is 2. The molecule has 1 saturated heterocycles. The van der Waals surface area contributed by atoms with Gasteiger partial charge in [0.2, 0.25) is 0 Å². The van der Waals surface area contributed by atoms with E-state index >= 15 is 0 Å². The number of nitrogens with one attached hydrogen (secondary N) is 1. The second kappa shape index (κ2) is 6.75. The second-order valence-electron chi connectivity index (χ2n) is 7.64. The van der Waals surface area contributed by atoms with Crippen LogP contribution >= 0.6 is 0 Å². The molecule has 2 fully saturated rings. The van der Waals surface area contributed by atoms with E-state index in [9.17, 15) is 4.79 Å². The van der Waals surface area contributed by atoms with Crippen LogP contribution in [-0.2, 0) is 0 Å². The number of hydrogen-bond donors (Lipinski definition) is 1. The average molecular weight is 342 g/mol. The Hall–Kier alpha value is -1.95. The Labute approximate surface area is 148 Å². The van der Waals surface area contributed by atoms with Crippen LogP contribution in [0.15, 0.2) is 10.6 Å². The maximum absolute atomic E-state index is 12.8. The molecule has 0 unspecified atom stereocenters. The molecule has 0 spiro atoms. The van der Waals surface area contributed by atoms with Gasteiger partial charge in [-0.15, -0.1) is 0 Å². The van der Waals surface area contributed by atoms with Gasteiger partial charge in [-0.25, -0.2) is 4.98 Å². The fraction of sp³-hybridized carbons (Fsp3) is 0.632. The molecule has 0 radical (unpaired) electrons. The lowest BCUT2D eigenvalue weighted by molar-refractivity contribution is 0.0946. The number of rotatable bonds is 6. The minimum Gasteiger partial charge on any atom is -0.352 e. The molecule has 2 aliphatic rings. The van der Waals surface area contributed by atoms with Crippen LogP contribution in [-0.4, -0.2) is 47.1 Å². The van der Waals surface area contributed by atoms with Gasteiger partial charge in [0.1, 0.15) is 0 Å². The first-order valence-electron chi connectivity index (χ1n) is 9.39. The normalized spacial score (nSPS) is 19.4. The van der Waals surface area contributed by atoms with Crippen molar-refractivity contribution in [2.75, 3.05) is 26.2 Å². The molecule has 134 valence electrons. The largest absolute Gasteiger partial charge is 0.352 e. The van der Waals surface area contributed by atoms with Gasteiger partial charge < -0.3 is 14.7 Å². The van der Waals surface area contributed by atoms with Gasteiger partial charge in [-0.1, -0.05) is 12.1 Å². The molecule has 1 atom stereocenters. The lowest BCUT2D eigenvalue weighted by Gasteiger charge is -2.20. The molecule has 6 nitrogen and oxygen atoms in total. The molecule has 1 aliphatic carbocycles. The number of amides is 1. The van der Waals surface area contributed by atoms with Gasteiger partial charge >= 0.3 is 0 Å². The minimum atomic E-state index is -0.0473. The molecule has 1 amide bonds. The molecule has 4 rings (SSSR count). The number of pyridine rings is 1. The molecule has 25 heavy (non-hydrogen) atoms. The molecule has 6 heteroatoms. The topological polar surface area (TPSA) is 71.3 Å². The molecule has 2 aromatic rings. The van der Waals surface area contributed by atoms with E-state index in [1.165, 1.54) is 25.9 Å². The Kier molecular flexibility index (Phi) is 4.46. The Morgan fingerprint density at radius 1 is 1.40 bits per heavy atom. The van der Waals surface area contributed by atoms with Crippen LogP contribution in [0, 0.1) is 12.8 Å². The summed E-state index contributed by atoms with van der Waals surface area (Å²) in [7, 11) is 0. The van der Waals surface area contributed by atoms with E-state index in [0.717, 1.165) is 36.2 Å². The fourth-order valence-electron chi connectivity index (χ4n) is 3.71. The van der Waals surface area contributed by atoms with Crippen molar-refractivity contribution in [2.24, 2.45) is 5.92 Å². The first kappa shape index (κ1) is 16.5. The van der Waals surface area contributed by atoms with Crippen molar-refractivity contribution < 1.29 is 9.32 Å². The fourth-order valence-corrected chi connectivity index (χ4v) is 3.71. The van der Waals surface area contributed by atoms with E-state index in [1.807, 2.05) is 13.0 Å². The summed E-state index contributed by atoms with van der Waals surface area (Å²) in [6.45, 7) is 8.16. The van der Waals surface area contributed by atoms with E-state index in [4.69, 9.17) is 4.52 Å². The average Bonchev–Trinajstić information content (AvgIpc) is 3.22. The first-order valence-corrected chi connectivity index (χ1v) is 9.39. The van der Waals surface area contributed by atoms with Crippen LogP contribution in [0.4, 0.5) is 0 Å². The van der Waals surface area contributed by atoms with Crippen molar-refractivity contribution in [3.05, 3.63) is 23.0 Å². The summed E-state index contributed by atoms with van der Waals surface area (Å²) in [5.74, 6) is 0.857. The quantitative estimate of drug-likeness (QED) is 0.874. The number of carbonyl (C=O) groups is 1. The number of hydrogen-bond acceptors (Lipinski definition) is 5. The third-order valence-corrected chi connectivity index (χ3v) is 5.26. The molecule has 2 aromatic heterocycles. The maximum Gasteiger partial charge on any atom is 0.259 e. The number of aryl methyl sites for hydroxylation is 1. The smallest absolute Gasteiger partial charge is 0.259 e. The zero-order valence-electron chi connectivity index (χ0n) is 15.0. The Balaban J connectivity index is 1.48. The Morgan fingerprint density at radius 3 is 2.88 bits per heavy atom. The standard InChI is InChI=1S/C19H26N4O2/c1-12(11-23-7-3-4-8-23)10-20-18(24)15-9-16(14-5-6-14)21-19-17(15)13(2)22-25-19/h9,12,14H,3-8,10-11H2,1-2H3,(H,20,24)/t12-/m1/s1. The van der Waals surface area contributed by atoms with Gasteiger partial charge in [0.15, 0.2) is 0 Å². The molecule has 0 bridgehead atoms. The molecule has 1 aliphatic heterocycles. The van der Waals surface area contributed by atoms with Crippen LogP contribution in [0.3, 0.4) is 0 Å². The Morgan fingerprint density at radius 2 is 2.16 bits per heavy atom. The third kappa shape index (κ3) is 3.54. The molecule has 1 saturated carbocycles. The highest BCUT2D eigenvalue weighted by Crippen LogP contribution is 2.40. The predicted molar refractivity (Wildman–Crippen MR) is 95.7 cm³/mol. The zero-order valence-corrected chi connectivity index (χ0v) is 15.0. The summed E-state index contributed by atoms with van der Waals surface area (Å²) in [5, 5.41) is 7.85. The van der Waals surface area contributed by atoms with E-state index < -0.39 is 0 Å².